The fraction of sp³-hybridized carbons (Fsp3) is 0.533. The summed E-state index contributed by atoms with van der Waals surface area (Å²) in [6.45, 7) is 3.22. The summed E-state index contributed by atoms with van der Waals surface area (Å²) < 4.78 is 2.82. The van der Waals surface area contributed by atoms with Crippen molar-refractivity contribution in [2.24, 2.45) is 7.05 Å². The lowest BCUT2D eigenvalue weighted by molar-refractivity contribution is 0.242. The highest BCUT2D eigenvalue weighted by Crippen LogP contribution is 2.23. The number of hydrogen-bond donors (Lipinski definition) is 1. The van der Waals surface area contributed by atoms with Crippen molar-refractivity contribution < 1.29 is 0 Å². The van der Waals surface area contributed by atoms with Gasteiger partial charge in [-0.25, -0.2) is 0 Å². The van der Waals surface area contributed by atoms with Crippen LogP contribution < -0.4 is 10.2 Å². The lowest BCUT2D eigenvalue weighted by Crippen LogP contribution is -2.36. The van der Waals surface area contributed by atoms with E-state index in [1.54, 1.807) is 4.57 Å². The maximum atomic E-state index is 11.7. The number of benzene rings is 1. The molecule has 0 amide bonds. The van der Waals surface area contributed by atoms with Crippen LogP contribution in [0, 0.1) is 0 Å². The first-order chi connectivity index (χ1) is 9.69. The molecule has 1 saturated heterocycles. The lowest BCUT2D eigenvalue weighted by atomic mass is 10.1. The van der Waals surface area contributed by atoms with Gasteiger partial charge in [0.1, 0.15) is 0 Å². The van der Waals surface area contributed by atoms with Crippen LogP contribution in [0.15, 0.2) is 23.0 Å². The Bertz CT molecular complexity index is 661. The minimum Gasteiger partial charge on any atom is -0.318 e. The molecule has 1 atom stereocenters. The standard InChI is InChI=1S/C15H21N3OS/c1-16-9-12-4-3-7-18(12)10-11-5-6-13-14(8-11)20-15(19)17(13)2/h5-6,8,12,16H,3-4,7,9-10H2,1-2H3. The first kappa shape index (κ1) is 13.8. The second-order valence-electron chi connectivity index (χ2n) is 5.55. The van der Waals surface area contributed by atoms with Crippen LogP contribution in [0.3, 0.4) is 0 Å². The van der Waals surface area contributed by atoms with Gasteiger partial charge in [0.25, 0.3) is 0 Å². The van der Waals surface area contributed by atoms with Crippen LogP contribution in [-0.2, 0) is 13.6 Å². The third-order valence-electron chi connectivity index (χ3n) is 4.18. The second-order valence-corrected chi connectivity index (χ2v) is 6.55. The Morgan fingerprint density at radius 1 is 1.45 bits per heavy atom. The monoisotopic (exact) mass is 291 g/mol. The first-order valence-electron chi connectivity index (χ1n) is 7.16. The Hall–Kier alpha value is -1.17. The molecule has 0 aliphatic carbocycles. The molecule has 1 aliphatic heterocycles. The fourth-order valence-corrected chi connectivity index (χ4v) is 4.02. The van der Waals surface area contributed by atoms with Crippen molar-refractivity contribution in [3.05, 3.63) is 33.4 Å². The Morgan fingerprint density at radius 3 is 3.10 bits per heavy atom. The number of rotatable bonds is 4. The molecule has 4 nitrogen and oxygen atoms in total. The predicted octanol–water partition coefficient (Wildman–Crippen LogP) is 1.78. The number of hydrogen-bond acceptors (Lipinski definition) is 4. The van der Waals surface area contributed by atoms with Gasteiger partial charge in [0.05, 0.1) is 10.2 Å². The van der Waals surface area contributed by atoms with E-state index in [4.69, 9.17) is 0 Å². The van der Waals surface area contributed by atoms with Crippen molar-refractivity contribution in [1.29, 1.82) is 0 Å². The van der Waals surface area contributed by atoms with Gasteiger partial charge < -0.3 is 9.88 Å². The summed E-state index contributed by atoms with van der Waals surface area (Å²) in [6.07, 6.45) is 2.56. The Labute approximate surface area is 123 Å². The quantitative estimate of drug-likeness (QED) is 0.933. The number of aryl methyl sites for hydroxylation is 1. The number of likely N-dealkylation sites (N-methyl/N-ethyl adjacent to an activating group) is 1. The summed E-state index contributed by atoms with van der Waals surface area (Å²) in [5.74, 6) is 0. The van der Waals surface area contributed by atoms with Gasteiger partial charge in [-0.15, -0.1) is 0 Å². The molecule has 1 aromatic heterocycles. The van der Waals surface area contributed by atoms with Gasteiger partial charge in [-0.05, 0) is 44.1 Å². The summed E-state index contributed by atoms with van der Waals surface area (Å²) in [7, 11) is 3.86. The third kappa shape index (κ3) is 2.53. The molecule has 0 bridgehead atoms. The number of aromatic nitrogens is 1. The predicted molar refractivity (Wildman–Crippen MR) is 84.4 cm³/mol. The highest BCUT2D eigenvalue weighted by Gasteiger charge is 2.23. The molecular weight excluding hydrogens is 270 g/mol. The van der Waals surface area contributed by atoms with Crippen LogP contribution in [0.2, 0.25) is 0 Å². The first-order valence-corrected chi connectivity index (χ1v) is 7.98. The highest BCUT2D eigenvalue weighted by atomic mass is 32.1. The summed E-state index contributed by atoms with van der Waals surface area (Å²) in [5.41, 5.74) is 2.35. The molecule has 0 saturated carbocycles. The van der Waals surface area contributed by atoms with Gasteiger partial charge in [-0.2, -0.15) is 0 Å². The summed E-state index contributed by atoms with van der Waals surface area (Å²) in [4.78, 5) is 14.4. The van der Waals surface area contributed by atoms with E-state index >= 15 is 0 Å². The van der Waals surface area contributed by atoms with Crippen LogP contribution in [-0.4, -0.2) is 35.6 Å². The Balaban J connectivity index is 1.82. The van der Waals surface area contributed by atoms with Gasteiger partial charge in [0, 0.05) is 26.2 Å². The number of thiazole rings is 1. The van der Waals surface area contributed by atoms with Crippen molar-refractivity contribution in [2.75, 3.05) is 20.1 Å². The molecule has 2 aromatic rings. The van der Waals surface area contributed by atoms with Gasteiger partial charge in [0.2, 0.25) is 0 Å². The minimum atomic E-state index is 0.117. The number of likely N-dealkylation sites (tertiary alicyclic amines) is 1. The van der Waals surface area contributed by atoms with E-state index < -0.39 is 0 Å². The van der Waals surface area contributed by atoms with Crippen molar-refractivity contribution >= 4 is 21.6 Å². The molecule has 20 heavy (non-hydrogen) atoms. The maximum absolute atomic E-state index is 11.7. The molecule has 3 rings (SSSR count). The zero-order valence-corrected chi connectivity index (χ0v) is 12.9. The molecule has 5 heteroatoms. The number of fused-ring (bicyclic) bond motifs is 1. The minimum absolute atomic E-state index is 0.117. The SMILES string of the molecule is CNCC1CCCN1Cc1ccc2c(c1)sc(=O)n2C. The average Bonchev–Trinajstić information content (AvgIpc) is 2.97. The number of nitrogens with one attached hydrogen (secondary N) is 1. The van der Waals surface area contributed by atoms with Gasteiger partial charge >= 0.3 is 4.87 Å². The van der Waals surface area contributed by atoms with E-state index in [2.05, 4.69) is 28.4 Å². The normalized spacial score (nSPS) is 20.0. The van der Waals surface area contributed by atoms with Crippen molar-refractivity contribution in [2.45, 2.75) is 25.4 Å². The Kier molecular flexibility index (Phi) is 3.92. The molecule has 108 valence electrons. The smallest absolute Gasteiger partial charge is 0.307 e. The molecule has 1 aromatic carbocycles. The lowest BCUT2D eigenvalue weighted by Gasteiger charge is -2.24. The Morgan fingerprint density at radius 2 is 2.30 bits per heavy atom. The molecule has 0 radical (unpaired) electrons. The van der Waals surface area contributed by atoms with E-state index in [9.17, 15) is 4.79 Å². The molecule has 1 unspecified atom stereocenters. The zero-order valence-electron chi connectivity index (χ0n) is 12.1. The van der Waals surface area contributed by atoms with Gasteiger partial charge in [-0.1, -0.05) is 17.4 Å². The second kappa shape index (κ2) is 5.68. The van der Waals surface area contributed by atoms with Gasteiger partial charge in [0.15, 0.2) is 0 Å². The van der Waals surface area contributed by atoms with Crippen LogP contribution in [0.4, 0.5) is 0 Å². The number of nitrogens with zero attached hydrogens (tertiary/aromatic N) is 2. The van der Waals surface area contributed by atoms with E-state index in [1.165, 1.54) is 36.3 Å². The van der Waals surface area contributed by atoms with Crippen molar-refractivity contribution in [1.82, 2.24) is 14.8 Å². The van der Waals surface area contributed by atoms with Crippen molar-refractivity contribution in [3.8, 4) is 0 Å². The topological polar surface area (TPSA) is 37.3 Å². The van der Waals surface area contributed by atoms with E-state index in [0.29, 0.717) is 6.04 Å². The van der Waals surface area contributed by atoms with Crippen LogP contribution in [0.25, 0.3) is 10.2 Å². The van der Waals surface area contributed by atoms with Crippen LogP contribution >= 0.6 is 11.3 Å². The summed E-state index contributed by atoms with van der Waals surface area (Å²) >= 11 is 1.34. The highest BCUT2D eigenvalue weighted by molar-refractivity contribution is 7.16. The van der Waals surface area contributed by atoms with E-state index in [-0.39, 0.29) is 4.87 Å². The summed E-state index contributed by atoms with van der Waals surface area (Å²) in [5, 5.41) is 3.28. The van der Waals surface area contributed by atoms with Crippen LogP contribution in [0.1, 0.15) is 18.4 Å². The van der Waals surface area contributed by atoms with Crippen LogP contribution in [0.5, 0.6) is 0 Å². The third-order valence-corrected chi connectivity index (χ3v) is 5.18. The maximum Gasteiger partial charge on any atom is 0.307 e. The van der Waals surface area contributed by atoms with Gasteiger partial charge in [-0.3, -0.25) is 9.69 Å². The molecular formula is C15H21N3OS. The van der Waals surface area contributed by atoms with E-state index in [1.807, 2.05) is 14.1 Å². The largest absolute Gasteiger partial charge is 0.318 e. The zero-order chi connectivity index (χ0) is 14.1. The average molecular weight is 291 g/mol. The van der Waals surface area contributed by atoms with E-state index in [0.717, 1.165) is 23.3 Å². The summed E-state index contributed by atoms with van der Waals surface area (Å²) in [6, 6.07) is 7.05. The molecule has 0 spiro atoms. The molecule has 1 N–H and O–H groups in total. The fourth-order valence-electron chi connectivity index (χ4n) is 3.08. The van der Waals surface area contributed by atoms with Crippen molar-refractivity contribution in [3.63, 3.8) is 0 Å². The molecule has 1 aliphatic rings. The molecule has 2 heterocycles. The molecule has 1 fully saturated rings.